The first kappa shape index (κ1) is 17.5. The summed E-state index contributed by atoms with van der Waals surface area (Å²) >= 11 is 0. The molecule has 0 aliphatic carbocycles. The molecule has 8 nitrogen and oxygen atoms in total. The average molecular weight is 367 g/mol. The van der Waals surface area contributed by atoms with Crippen LogP contribution in [0.15, 0.2) is 30.5 Å². The molecule has 1 saturated heterocycles. The summed E-state index contributed by atoms with van der Waals surface area (Å²) in [4.78, 5) is 10.2. The summed E-state index contributed by atoms with van der Waals surface area (Å²) in [6.07, 6.45) is 1.19. The highest BCUT2D eigenvalue weighted by Gasteiger charge is 2.35. The Morgan fingerprint density at radius 3 is 2.85 bits per heavy atom. The first-order chi connectivity index (χ1) is 12.9. The Labute approximate surface area is 157 Å². The van der Waals surface area contributed by atoms with E-state index in [0.29, 0.717) is 19.0 Å². The van der Waals surface area contributed by atoms with Crippen LogP contribution in [-0.2, 0) is 9.47 Å². The molecule has 0 radical (unpaired) electrons. The second-order valence-corrected chi connectivity index (χ2v) is 6.98. The molecule has 2 aromatic rings. The maximum Gasteiger partial charge on any atom is 0.221 e. The average Bonchev–Trinajstić information content (AvgIpc) is 2.93. The van der Waals surface area contributed by atoms with Crippen LogP contribution >= 0.6 is 0 Å². The highest BCUT2D eigenvalue weighted by molar-refractivity contribution is 5.82. The lowest BCUT2D eigenvalue weighted by molar-refractivity contribution is -0.146. The summed E-state index contributed by atoms with van der Waals surface area (Å²) in [7, 11) is 0. The largest absolute Gasteiger partial charge is 0.378 e. The minimum atomic E-state index is -1.06. The third kappa shape index (κ3) is 3.80. The Balaban J connectivity index is 1.71. The van der Waals surface area contributed by atoms with Gasteiger partial charge in [-0.2, -0.15) is 4.98 Å². The molecule has 1 aromatic heterocycles. The molecule has 1 aromatic carbocycles. The number of rotatable bonds is 3. The molecule has 8 heteroatoms. The van der Waals surface area contributed by atoms with Crippen LogP contribution in [0.1, 0.15) is 19.4 Å². The zero-order chi connectivity index (χ0) is 19.0. The first-order valence-electron chi connectivity index (χ1n) is 8.66. The van der Waals surface area contributed by atoms with Gasteiger partial charge in [-0.05, 0) is 38.1 Å². The van der Waals surface area contributed by atoms with E-state index in [-0.39, 0.29) is 12.1 Å². The van der Waals surface area contributed by atoms with Crippen LogP contribution in [0, 0.1) is 11.8 Å². The monoisotopic (exact) mass is 367 g/mol. The third-order valence-electron chi connectivity index (χ3n) is 4.12. The van der Waals surface area contributed by atoms with Crippen molar-refractivity contribution in [2.45, 2.75) is 31.9 Å². The molecule has 1 unspecified atom stereocenters. The number of ether oxygens (including phenoxy) is 2. The van der Waals surface area contributed by atoms with Gasteiger partial charge in [0, 0.05) is 11.8 Å². The van der Waals surface area contributed by atoms with Crippen molar-refractivity contribution in [3.63, 3.8) is 0 Å². The first-order valence-corrected chi connectivity index (χ1v) is 8.66. The number of aliphatic hydroxyl groups is 1. The molecule has 0 bridgehead atoms. The van der Waals surface area contributed by atoms with Gasteiger partial charge >= 0.3 is 0 Å². The van der Waals surface area contributed by atoms with E-state index >= 15 is 0 Å². The summed E-state index contributed by atoms with van der Waals surface area (Å²) < 4.78 is 11.3. The predicted molar refractivity (Wildman–Crippen MR) is 101 cm³/mol. The van der Waals surface area contributed by atoms with Crippen LogP contribution in [0.5, 0.6) is 0 Å². The number of aromatic nitrogens is 2. The number of anilines is 4. The maximum atomic E-state index is 9.85. The van der Waals surface area contributed by atoms with E-state index in [2.05, 4.69) is 27.1 Å². The lowest BCUT2D eigenvalue weighted by Gasteiger charge is -2.33. The fourth-order valence-electron chi connectivity index (χ4n) is 2.79. The molecule has 2 aliphatic rings. The van der Waals surface area contributed by atoms with Gasteiger partial charge in [-0.3, -0.25) is 4.90 Å². The summed E-state index contributed by atoms with van der Waals surface area (Å²) in [5.41, 5.74) is 7.25. The van der Waals surface area contributed by atoms with Crippen molar-refractivity contribution in [2.24, 2.45) is 0 Å². The van der Waals surface area contributed by atoms with Gasteiger partial charge in [-0.25, -0.2) is 4.98 Å². The lowest BCUT2D eigenvalue weighted by atomic mass is 10.1. The van der Waals surface area contributed by atoms with Gasteiger partial charge in [0.15, 0.2) is 0 Å². The predicted octanol–water partition coefficient (Wildman–Crippen LogP) is 1.44. The third-order valence-corrected chi connectivity index (χ3v) is 4.12. The molecule has 27 heavy (non-hydrogen) atoms. The van der Waals surface area contributed by atoms with E-state index < -0.39 is 12.0 Å². The lowest BCUT2D eigenvalue weighted by Crippen LogP contribution is -2.45. The molecular formula is C19H21N5O3. The molecule has 0 spiro atoms. The van der Waals surface area contributed by atoms with Crippen LogP contribution in [0.25, 0.3) is 0 Å². The Kier molecular flexibility index (Phi) is 4.36. The quantitative estimate of drug-likeness (QED) is 0.700. The number of nitrogens with two attached hydrogens (primary N) is 1. The topological polar surface area (TPSA) is 106 Å². The fraction of sp³-hybridized carbons (Fsp3) is 0.368. The van der Waals surface area contributed by atoms with E-state index in [1.807, 2.05) is 23.1 Å². The Morgan fingerprint density at radius 1 is 1.37 bits per heavy atom. The van der Waals surface area contributed by atoms with Gasteiger partial charge in [0.05, 0.1) is 24.6 Å². The van der Waals surface area contributed by atoms with Crippen molar-refractivity contribution in [2.75, 3.05) is 29.2 Å². The van der Waals surface area contributed by atoms with Crippen molar-refractivity contribution < 1.29 is 14.6 Å². The molecule has 3 heterocycles. The van der Waals surface area contributed by atoms with Crippen molar-refractivity contribution in [3.8, 4) is 11.8 Å². The molecule has 0 amide bonds. The van der Waals surface area contributed by atoms with Crippen molar-refractivity contribution in [1.29, 1.82) is 0 Å². The normalized spacial score (nSPS) is 18.9. The van der Waals surface area contributed by atoms with Gasteiger partial charge < -0.3 is 25.6 Å². The van der Waals surface area contributed by atoms with Gasteiger partial charge in [0.25, 0.3) is 0 Å². The number of nitrogens with zero attached hydrogens (tertiary/aromatic N) is 3. The second-order valence-electron chi connectivity index (χ2n) is 6.98. The summed E-state index contributed by atoms with van der Waals surface area (Å²) in [6.45, 7) is 4.43. The molecule has 0 saturated carbocycles. The Hall–Kier alpha value is -2.86. The van der Waals surface area contributed by atoms with E-state index in [1.165, 1.54) is 0 Å². The van der Waals surface area contributed by atoms with Gasteiger partial charge in [-0.15, -0.1) is 0 Å². The molecule has 140 valence electrons. The number of benzene rings is 1. The minimum Gasteiger partial charge on any atom is -0.378 e. The SMILES string of the molecule is CC(C)(O)C#Cc1ccc2c(c1)N(c1ccnc(N)n1)C(OC1COC1)N2. The summed E-state index contributed by atoms with van der Waals surface area (Å²) in [5.74, 6) is 6.63. The van der Waals surface area contributed by atoms with Crippen molar-refractivity contribution >= 4 is 23.1 Å². The summed E-state index contributed by atoms with van der Waals surface area (Å²) in [5, 5.41) is 13.2. The van der Waals surface area contributed by atoms with Crippen LogP contribution in [-0.4, -0.2) is 46.3 Å². The second kappa shape index (κ2) is 6.70. The van der Waals surface area contributed by atoms with Crippen LogP contribution < -0.4 is 16.0 Å². The smallest absolute Gasteiger partial charge is 0.221 e. The van der Waals surface area contributed by atoms with E-state index in [0.717, 1.165) is 16.9 Å². The minimum absolute atomic E-state index is 0.0212. The standard InChI is InChI=1S/C19H21N5O3/c1-19(2,25)7-5-12-3-4-14-15(9-12)24(16-6-8-21-17(20)23-16)18(22-14)27-13-10-26-11-13/h3-4,6,8-9,13,18,22,25H,10-11H2,1-2H3,(H2,20,21,23). The maximum absolute atomic E-state index is 9.85. The number of nitrogens with one attached hydrogen (secondary N) is 1. The highest BCUT2D eigenvalue weighted by atomic mass is 16.6. The van der Waals surface area contributed by atoms with E-state index in [9.17, 15) is 5.11 Å². The van der Waals surface area contributed by atoms with Crippen LogP contribution in [0.3, 0.4) is 0 Å². The van der Waals surface area contributed by atoms with E-state index in [1.54, 1.807) is 26.1 Å². The van der Waals surface area contributed by atoms with E-state index in [4.69, 9.17) is 15.2 Å². The van der Waals surface area contributed by atoms with Crippen LogP contribution in [0.4, 0.5) is 23.1 Å². The molecule has 1 fully saturated rings. The highest BCUT2D eigenvalue weighted by Crippen LogP contribution is 2.40. The zero-order valence-corrected chi connectivity index (χ0v) is 15.1. The Bertz CT molecular complexity index is 912. The van der Waals surface area contributed by atoms with Crippen molar-refractivity contribution in [3.05, 3.63) is 36.0 Å². The van der Waals surface area contributed by atoms with Crippen LogP contribution in [0.2, 0.25) is 0 Å². The zero-order valence-electron chi connectivity index (χ0n) is 15.1. The van der Waals surface area contributed by atoms with Gasteiger partial charge in [0.2, 0.25) is 12.3 Å². The number of nitrogen functional groups attached to an aromatic ring is 1. The van der Waals surface area contributed by atoms with Gasteiger partial charge in [0.1, 0.15) is 17.5 Å². The van der Waals surface area contributed by atoms with Crippen molar-refractivity contribution in [1.82, 2.24) is 9.97 Å². The molecule has 1 atom stereocenters. The fourth-order valence-corrected chi connectivity index (χ4v) is 2.79. The molecule has 4 N–H and O–H groups in total. The number of fused-ring (bicyclic) bond motifs is 1. The molecule has 4 rings (SSSR count). The Morgan fingerprint density at radius 2 is 2.19 bits per heavy atom. The number of hydrogen-bond acceptors (Lipinski definition) is 8. The summed E-state index contributed by atoms with van der Waals surface area (Å²) in [6, 6.07) is 7.53. The van der Waals surface area contributed by atoms with Gasteiger partial charge in [-0.1, -0.05) is 11.8 Å². The molecule has 2 aliphatic heterocycles. The molecular weight excluding hydrogens is 346 g/mol. The number of hydrogen-bond donors (Lipinski definition) is 3.